The first-order valence-electron chi connectivity index (χ1n) is 2.70. The lowest BCUT2D eigenvalue weighted by molar-refractivity contribution is -0.137. The van der Waals surface area contributed by atoms with E-state index in [2.05, 4.69) is 0 Å². The molecular weight excluding hydrogens is 234 g/mol. The number of carboxylic acids is 1. The minimum Gasteiger partial charge on any atom is -0.481 e. The summed E-state index contributed by atoms with van der Waals surface area (Å²) >= 11 is 22.0. The first kappa shape index (κ1) is 11.6. The van der Waals surface area contributed by atoms with E-state index < -0.39 is 15.7 Å². The highest BCUT2D eigenvalue weighted by atomic mass is 35.5. The third-order valence-corrected chi connectivity index (χ3v) is 3.23. The van der Waals surface area contributed by atoms with Crippen molar-refractivity contribution in [3.8, 4) is 0 Å². The SMILES string of the molecule is O=C(O)CC(Cl)C(Cl)(Cl)CCl. The van der Waals surface area contributed by atoms with Crippen molar-refractivity contribution < 1.29 is 9.90 Å². The Morgan fingerprint density at radius 3 is 2.27 bits per heavy atom. The second-order valence-electron chi connectivity index (χ2n) is 1.96. The van der Waals surface area contributed by atoms with Gasteiger partial charge in [-0.05, 0) is 0 Å². The molecule has 1 unspecified atom stereocenters. The Morgan fingerprint density at radius 1 is 1.55 bits per heavy atom. The molecule has 0 saturated carbocycles. The lowest BCUT2D eigenvalue weighted by atomic mass is 10.2. The standard InChI is InChI=1S/C5H6Cl4O2/c6-2-5(8,9)3(7)1-4(10)11/h3H,1-2H2,(H,10,11). The Labute approximate surface area is 84.4 Å². The van der Waals surface area contributed by atoms with Crippen LogP contribution in [0.3, 0.4) is 0 Å². The summed E-state index contributed by atoms with van der Waals surface area (Å²) in [5.74, 6) is -1.15. The number of alkyl halides is 4. The van der Waals surface area contributed by atoms with Crippen LogP contribution in [-0.2, 0) is 4.79 Å². The summed E-state index contributed by atoms with van der Waals surface area (Å²) in [5.41, 5.74) is 0. The monoisotopic (exact) mass is 238 g/mol. The quantitative estimate of drug-likeness (QED) is 0.766. The Kier molecular flexibility index (Phi) is 4.87. The van der Waals surface area contributed by atoms with E-state index in [0.717, 1.165) is 0 Å². The molecule has 0 aromatic carbocycles. The van der Waals surface area contributed by atoms with Crippen LogP contribution in [0.25, 0.3) is 0 Å². The summed E-state index contributed by atoms with van der Waals surface area (Å²) in [6.07, 6.45) is -0.304. The van der Waals surface area contributed by atoms with Crippen LogP contribution in [0, 0.1) is 0 Å². The van der Waals surface area contributed by atoms with E-state index >= 15 is 0 Å². The van der Waals surface area contributed by atoms with E-state index in [0.29, 0.717) is 0 Å². The first-order chi connectivity index (χ1) is 4.90. The third kappa shape index (κ3) is 4.26. The summed E-state index contributed by atoms with van der Waals surface area (Å²) in [6.45, 7) is 0. The summed E-state index contributed by atoms with van der Waals surface area (Å²) < 4.78 is -1.37. The average Bonchev–Trinajstić information content (AvgIpc) is 1.86. The van der Waals surface area contributed by atoms with Gasteiger partial charge in [0, 0.05) is 0 Å². The van der Waals surface area contributed by atoms with Crippen molar-refractivity contribution in [3.05, 3.63) is 0 Å². The van der Waals surface area contributed by atoms with Gasteiger partial charge < -0.3 is 5.11 Å². The van der Waals surface area contributed by atoms with Gasteiger partial charge in [-0.3, -0.25) is 4.79 Å². The van der Waals surface area contributed by atoms with Crippen LogP contribution in [0.2, 0.25) is 0 Å². The minimum absolute atomic E-state index is 0.0996. The van der Waals surface area contributed by atoms with Crippen LogP contribution in [0.15, 0.2) is 0 Å². The molecule has 0 aromatic rings. The zero-order valence-electron chi connectivity index (χ0n) is 5.36. The molecule has 0 aliphatic carbocycles. The fourth-order valence-electron chi connectivity index (χ4n) is 0.386. The van der Waals surface area contributed by atoms with Gasteiger partial charge in [-0.2, -0.15) is 0 Å². The maximum Gasteiger partial charge on any atom is 0.304 e. The molecule has 66 valence electrons. The Balaban J connectivity index is 4.01. The van der Waals surface area contributed by atoms with Crippen molar-refractivity contribution in [1.29, 1.82) is 0 Å². The van der Waals surface area contributed by atoms with Crippen molar-refractivity contribution >= 4 is 52.4 Å². The van der Waals surface area contributed by atoms with E-state index in [9.17, 15) is 4.79 Å². The van der Waals surface area contributed by atoms with E-state index in [4.69, 9.17) is 51.5 Å². The molecule has 0 rings (SSSR count). The fraction of sp³-hybridized carbons (Fsp3) is 0.800. The summed E-state index contributed by atoms with van der Waals surface area (Å²) in [5, 5.41) is 7.42. The largest absolute Gasteiger partial charge is 0.481 e. The van der Waals surface area contributed by atoms with Gasteiger partial charge in [-0.25, -0.2) is 0 Å². The Hall–Kier alpha value is 0.630. The van der Waals surface area contributed by atoms with Crippen molar-refractivity contribution in [2.45, 2.75) is 16.1 Å². The molecule has 0 aliphatic rings. The maximum atomic E-state index is 10.1. The predicted octanol–water partition coefficient (Wildman–Crippen LogP) is 2.48. The van der Waals surface area contributed by atoms with Gasteiger partial charge in [0.1, 0.15) is 4.33 Å². The summed E-state index contributed by atoms with van der Waals surface area (Å²) in [4.78, 5) is 10.1. The molecule has 0 bridgehead atoms. The van der Waals surface area contributed by atoms with Crippen LogP contribution in [0.5, 0.6) is 0 Å². The smallest absolute Gasteiger partial charge is 0.304 e. The predicted molar refractivity (Wildman–Crippen MR) is 47.1 cm³/mol. The Bertz CT molecular complexity index is 147. The highest BCUT2D eigenvalue weighted by molar-refractivity contribution is 6.55. The molecule has 0 aromatic heterocycles. The van der Waals surface area contributed by atoms with Crippen molar-refractivity contribution in [3.63, 3.8) is 0 Å². The van der Waals surface area contributed by atoms with Gasteiger partial charge in [0.05, 0.1) is 17.7 Å². The van der Waals surface area contributed by atoms with Crippen molar-refractivity contribution in [2.24, 2.45) is 0 Å². The molecule has 0 saturated heterocycles. The number of rotatable bonds is 4. The van der Waals surface area contributed by atoms with Crippen molar-refractivity contribution in [2.75, 3.05) is 5.88 Å². The number of hydrogen-bond donors (Lipinski definition) is 1. The summed E-state index contributed by atoms with van der Waals surface area (Å²) in [7, 11) is 0. The molecule has 0 fully saturated rings. The molecule has 1 N–H and O–H groups in total. The fourth-order valence-corrected chi connectivity index (χ4v) is 1.02. The number of hydrogen-bond acceptors (Lipinski definition) is 1. The van der Waals surface area contributed by atoms with Gasteiger partial charge in [-0.1, -0.05) is 23.2 Å². The molecule has 1 atom stereocenters. The lowest BCUT2D eigenvalue weighted by Crippen LogP contribution is -2.30. The van der Waals surface area contributed by atoms with E-state index in [1.807, 2.05) is 0 Å². The molecule has 0 spiro atoms. The van der Waals surface area contributed by atoms with Gasteiger partial charge in [0.15, 0.2) is 0 Å². The molecule has 6 heteroatoms. The first-order valence-corrected chi connectivity index (χ1v) is 4.42. The second kappa shape index (κ2) is 4.61. The van der Waals surface area contributed by atoms with Gasteiger partial charge >= 0.3 is 5.97 Å². The lowest BCUT2D eigenvalue weighted by Gasteiger charge is -2.20. The molecule has 0 heterocycles. The van der Waals surface area contributed by atoms with E-state index in [-0.39, 0.29) is 12.3 Å². The molecule has 2 nitrogen and oxygen atoms in total. The van der Waals surface area contributed by atoms with E-state index in [1.54, 1.807) is 0 Å². The molecule has 0 amide bonds. The number of aliphatic carboxylic acids is 1. The summed E-state index contributed by atoms with van der Waals surface area (Å²) in [6, 6.07) is 0. The van der Waals surface area contributed by atoms with Crippen LogP contribution in [0.4, 0.5) is 0 Å². The second-order valence-corrected chi connectivity index (χ2v) is 4.30. The average molecular weight is 240 g/mol. The van der Waals surface area contributed by atoms with Crippen LogP contribution in [0.1, 0.15) is 6.42 Å². The van der Waals surface area contributed by atoms with Gasteiger partial charge in [0.25, 0.3) is 0 Å². The van der Waals surface area contributed by atoms with Crippen molar-refractivity contribution in [1.82, 2.24) is 0 Å². The molecule has 0 aliphatic heterocycles. The third-order valence-electron chi connectivity index (χ3n) is 0.990. The van der Waals surface area contributed by atoms with E-state index in [1.165, 1.54) is 0 Å². The highest BCUT2D eigenvalue weighted by Gasteiger charge is 2.34. The zero-order chi connectivity index (χ0) is 9.07. The van der Waals surface area contributed by atoms with Crippen LogP contribution in [-0.4, -0.2) is 26.7 Å². The van der Waals surface area contributed by atoms with Crippen LogP contribution >= 0.6 is 46.4 Å². The number of halogens is 4. The number of carbonyl (C=O) groups is 1. The molecular formula is C5H6Cl4O2. The van der Waals surface area contributed by atoms with Gasteiger partial charge in [0.2, 0.25) is 0 Å². The normalized spacial score (nSPS) is 14.5. The van der Waals surface area contributed by atoms with Crippen LogP contribution < -0.4 is 0 Å². The van der Waals surface area contributed by atoms with Gasteiger partial charge in [-0.15, -0.1) is 23.2 Å². The highest BCUT2D eigenvalue weighted by Crippen LogP contribution is 2.32. The number of carboxylic acid groups (broad SMARTS) is 1. The topological polar surface area (TPSA) is 37.3 Å². The maximum absolute atomic E-state index is 10.1. The molecule has 11 heavy (non-hydrogen) atoms. The Morgan fingerprint density at radius 2 is 2.00 bits per heavy atom. The zero-order valence-corrected chi connectivity index (χ0v) is 8.38. The molecule has 0 radical (unpaired) electrons. The minimum atomic E-state index is -1.37.